The van der Waals surface area contributed by atoms with E-state index in [0.29, 0.717) is 38.5 Å². The van der Waals surface area contributed by atoms with Gasteiger partial charge in [-0.05, 0) is 92.7 Å². The maximum absolute atomic E-state index is 14.3. The van der Waals surface area contributed by atoms with Crippen molar-refractivity contribution in [3.05, 3.63) is 64.2 Å². The van der Waals surface area contributed by atoms with E-state index in [0.717, 1.165) is 44.1 Å². The van der Waals surface area contributed by atoms with Gasteiger partial charge in [0, 0.05) is 43.6 Å². The monoisotopic (exact) mass is 510 g/mol. The summed E-state index contributed by atoms with van der Waals surface area (Å²) in [7, 11) is 1.40. The highest BCUT2D eigenvalue weighted by Gasteiger charge is 2.37. The lowest BCUT2D eigenvalue weighted by molar-refractivity contribution is -0.147. The van der Waals surface area contributed by atoms with Gasteiger partial charge in [0.1, 0.15) is 11.9 Å². The first-order valence-electron chi connectivity index (χ1n) is 13.9. The number of ether oxygens (including phenoxy) is 3. The Morgan fingerprint density at radius 1 is 1.19 bits per heavy atom. The van der Waals surface area contributed by atoms with Crippen LogP contribution in [-0.2, 0) is 38.3 Å². The molecule has 200 valence electrons. The first kappa shape index (κ1) is 26.3. The number of hydrogen-bond donors (Lipinski definition) is 0. The molecule has 7 heteroatoms. The zero-order valence-electron chi connectivity index (χ0n) is 21.9. The summed E-state index contributed by atoms with van der Waals surface area (Å²) in [6.07, 6.45) is 9.59. The number of esters is 1. The number of benzene rings is 1. The number of aryl methyl sites for hydroxylation is 3. The van der Waals surface area contributed by atoms with Crippen LogP contribution in [0, 0.1) is 5.82 Å². The summed E-state index contributed by atoms with van der Waals surface area (Å²) in [5.74, 6) is -0.530. The summed E-state index contributed by atoms with van der Waals surface area (Å²) >= 11 is 0. The fraction of sp³-hybridized carbons (Fsp3) is 0.600. The molecule has 2 saturated heterocycles. The summed E-state index contributed by atoms with van der Waals surface area (Å²) in [5, 5.41) is 0. The van der Waals surface area contributed by atoms with Crippen LogP contribution in [0.2, 0.25) is 0 Å². The molecule has 0 N–H and O–H groups in total. The number of fused-ring (bicyclic) bond motifs is 1. The third-order valence-corrected chi connectivity index (χ3v) is 8.10. The third-order valence-electron chi connectivity index (χ3n) is 8.10. The lowest BCUT2D eigenvalue weighted by Gasteiger charge is -2.29. The topological polar surface area (TPSA) is 60.9 Å². The summed E-state index contributed by atoms with van der Waals surface area (Å²) in [5.41, 5.74) is 5.59. The first-order valence-corrected chi connectivity index (χ1v) is 13.9. The number of carbonyl (C=O) groups excluding carboxylic acids is 1. The molecule has 2 aromatic rings. The Labute approximate surface area is 219 Å². The second kappa shape index (κ2) is 12.5. The van der Waals surface area contributed by atoms with E-state index in [1.807, 2.05) is 0 Å². The van der Waals surface area contributed by atoms with E-state index in [-0.39, 0.29) is 23.8 Å². The first-order chi connectivity index (χ1) is 18.1. The lowest BCUT2D eigenvalue weighted by Crippen LogP contribution is -2.35. The van der Waals surface area contributed by atoms with Gasteiger partial charge in [0.25, 0.3) is 0 Å². The molecule has 0 amide bonds. The Morgan fingerprint density at radius 3 is 2.92 bits per heavy atom. The molecule has 0 spiro atoms. The summed E-state index contributed by atoms with van der Waals surface area (Å²) in [4.78, 5) is 19.9. The second-order valence-corrected chi connectivity index (χ2v) is 10.6. The van der Waals surface area contributed by atoms with Gasteiger partial charge in [0.05, 0.1) is 19.8 Å². The SMILES string of the molecule is COC(=O)C(c1cc(F)ccc1C1CCOC1)N1CC[C@@H](OCCCCc2ccc3c(n2)CCCC3)C1. The molecule has 2 aliphatic heterocycles. The Morgan fingerprint density at radius 2 is 2.08 bits per heavy atom. The summed E-state index contributed by atoms with van der Waals surface area (Å²) < 4.78 is 31.3. The molecule has 3 heterocycles. The molecular formula is C30H39FN2O4. The number of likely N-dealkylation sites (tertiary alicyclic amines) is 1. The number of rotatable bonds is 10. The molecule has 1 aromatic heterocycles. The van der Waals surface area contributed by atoms with Gasteiger partial charge in [0.2, 0.25) is 0 Å². The van der Waals surface area contributed by atoms with E-state index in [4.69, 9.17) is 19.2 Å². The molecule has 0 radical (unpaired) electrons. The lowest BCUT2D eigenvalue weighted by atomic mass is 9.89. The van der Waals surface area contributed by atoms with Crippen molar-refractivity contribution in [2.75, 3.05) is 40.0 Å². The van der Waals surface area contributed by atoms with E-state index in [2.05, 4.69) is 17.0 Å². The van der Waals surface area contributed by atoms with Gasteiger partial charge in [-0.1, -0.05) is 12.1 Å². The van der Waals surface area contributed by atoms with E-state index in [1.54, 1.807) is 6.07 Å². The fourth-order valence-corrected chi connectivity index (χ4v) is 6.07. The van der Waals surface area contributed by atoms with Crippen molar-refractivity contribution in [3.63, 3.8) is 0 Å². The van der Waals surface area contributed by atoms with Crippen molar-refractivity contribution < 1.29 is 23.4 Å². The van der Waals surface area contributed by atoms with Gasteiger partial charge in [-0.3, -0.25) is 9.88 Å². The maximum Gasteiger partial charge on any atom is 0.327 e. The smallest absolute Gasteiger partial charge is 0.327 e. The van der Waals surface area contributed by atoms with Crippen LogP contribution < -0.4 is 0 Å². The largest absolute Gasteiger partial charge is 0.468 e. The molecule has 1 aromatic carbocycles. The van der Waals surface area contributed by atoms with Crippen molar-refractivity contribution >= 4 is 5.97 Å². The van der Waals surface area contributed by atoms with Gasteiger partial charge in [-0.2, -0.15) is 0 Å². The minimum absolute atomic E-state index is 0.0563. The highest BCUT2D eigenvalue weighted by molar-refractivity contribution is 5.78. The van der Waals surface area contributed by atoms with Crippen molar-refractivity contribution in [2.45, 2.75) is 75.9 Å². The average molecular weight is 511 g/mol. The molecule has 37 heavy (non-hydrogen) atoms. The van der Waals surface area contributed by atoms with Crippen LogP contribution in [0.25, 0.3) is 0 Å². The molecule has 0 bridgehead atoms. The standard InChI is InChI=1S/C30H39FN2O4/c1-35-30(34)29(27-18-23(31)10-12-26(27)22-14-17-36-20-22)33-15-13-25(19-33)37-16-5-4-7-24-11-9-21-6-2-3-8-28(21)32-24/h9-12,18,22,25,29H,2-8,13-17,19-20H2,1H3/t22?,25-,29?/m1/s1. The number of methoxy groups -OCH3 is 1. The highest BCUT2D eigenvalue weighted by atomic mass is 19.1. The van der Waals surface area contributed by atoms with E-state index >= 15 is 0 Å². The Kier molecular flexibility index (Phi) is 8.85. The minimum Gasteiger partial charge on any atom is -0.468 e. The van der Waals surface area contributed by atoms with Crippen molar-refractivity contribution in [1.82, 2.24) is 9.88 Å². The van der Waals surface area contributed by atoms with Crippen LogP contribution in [0.1, 0.15) is 78.6 Å². The molecule has 3 atom stereocenters. The quantitative estimate of drug-likeness (QED) is 0.334. The molecule has 2 fully saturated rings. The Bertz CT molecular complexity index is 1070. The number of unbranched alkanes of at least 4 members (excludes halogenated alkanes) is 1. The van der Waals surface area contributed by atoms with Crippen molar-refractivity contribution in [3.8, 4) is 0 Å². The van der Waals surface area contributed by atoms with Crippen LogP contribution in [0.5, 0.6) is 0 Å². The molecule has 3 aliphatic rings. The third kappa shape index (κ3) is 6.39. The van der Waals surface area contributed by atoms with Crippen LogP contribution >= 0.6 is 0 Å². The molecule has 1 aliphatic carbocycles. The zero-order valence-corrected chi connectivity index (χ0v) is 21.9. The van der Waals surface area contributed by atoms with Crippen molar-refractivity contribution in [2.24, 2.45) is 0 Å². The van der Waals surface area contributed by atoms with Gasteiger partial charge in [0.15, 0.2) is 0 Å². The van der Waals surface area contributed by atoms with Crippen LogP contribution in [-0.4, -0.2) is 62.0 Å². The molecule has 6 nitrogen and oxygen atoms in total. The number of carbonyl (C=O) groups is 1. The number of aromatic nitrogens is 1. The van der Waals surface area contributed by atoms with E-state index in [1.165, 1.54) is 55.5 Å². The molecule has 5 rings (SSSR count). The average Bonchev–Trinajstić information content (AvgIpc) is 3.62. The van der Waals surface area contributed by atoms with Crippen LogP contribution in [0.3, 0.4) is 0 Å². The Hall–Kier alpha value is -2.35. The molecular weight excluding hydrogens is 471 g/mol. The highest BCUT2D eigenvalue weighted by Crippen LogP contribution is 2.36. The molecule has 2 unspecified atom stereocenters. The number of hydrogen-bond acceptors (Lipinski definition) is 6. The Balaban J connectivity index is 1.14. The predicted molar refractivity (Wildman–Crippen MR) is 139 cm³/mol. The van der Waals surface area contributed by atoms with Gasteiger partial charge >= 0.3 is 5.97 Å². The van der Waals surface area contributed by atoms with Gasteiger partial charge in [-0.25, -0.2) is 9.18 Å². The van der Waals surface area contributed by atoms with Crippen LogP contribution in [0.4, 0.5) is 4.39 Å². The summed E-state index contributed by atoms with van der Waals surface area (Å²) in [6, 6.07) is 8.59. The van der Waals surface area contributed by atoms with Gasteiger partial charge < -0.3 is 14.2 Å². The minimum atomic E-state index is -0.639. The normalized spacial score (nSPS) is 22.6. The predicted octanol–water partition coefficient (Wildman–Crippen LogP) is 4.93. The van der Waals surface area contributed by atoms with Gasteiger partial charge in [-0.15, -0.1) is 0 Å². The zero-order chi connectivity index (χ0) is 25.6. The second-order valence-electron chi connectivity index (χ2n) is 10.6. The number of halogens is 1. The summed E-state index contributed by atoms with van der Waals surface area (Å²) in [6.45, 7) is 3.31. The number of nitrogens with zero attached hydrogens (tertiary/aromatic N) is 2. The fourth-order valence-electron chi connectivity index (χ4n) is 6.07. The van der Waals surface area contributed by atoms with Crippen LogP contribution in [0.15, 0.2) is 30.3 Å². The molecule has 0 saturated carbocycles. The van der Waals surface area contributed by atoms with E-state index < -0.39 is 6.04 Å². The number of pyridine rings is 1. The van der Waals surface area contributed by atoms with E-state index in [9.17, 15) is 9.18 Å². The maximum atomic E-state index is 14.3. The van der Waals surface area contributed by atoms with Crippen molar-refractivity contribution in [1.29, 1.82) is 0 Å².